The van der Waals surface area contributed by atoms with Gasteiger partial charge in [0.15, 0.2) is 5.65 Å². The van der Waals surface area contributed by atoms with Crippen LogP contribution < -0.4 is 10.9 Å². The Morgan fingerprint density at radius 2 is 1.82 bits per heavy atom. The topological polar surface area (TPSA) is 68.4 Å². The third-order valence-electron chi connectivity index (χ3n) is 5.30. The summed E-state index contributed by atoms with van der Waals surface area (Å²) in [5.41, 5.74) is 4.84. The normalized spacial score (nSPS) is 12.4. The molecule has 0 saturated heterocycles. The lowest BCUT2D eigenvalue weighted by molar-refractivity contribution is -0.119. The second-order valence-corrected chi connectivity index (χ2v) is 7.15. The number of carbonyl (C=O) groups is 1. The SMILES string of the molecule is Cc1cccc(NC(=O)[C@H](C)n2c3ccccc3c3nc(=O)cc(C)n32)c1C. The monoisotopic (exact) mass is 374 g/mol. The molecule has 0 aliphatic heterocycles. The number of anilines is 1. The van der Waals surface area contributed by atoms with E-state index < -0.39 is 6.04 Å². The summed E-state index contributed by atoms with van der Waals surface area (Å²) < 4.78 is 3.74. The molecule has 6 heteroatoms. The van der Waals surface area contributed by atoms with Crippen LogP contribution in [0.25, 0.3) is 16.6 Å². The molecule has 1 N–H and O–H groups in total. The molecule has 0 aliphatic rings. The van der Waals surface area contributed by atoms with Crippen molar-refractivity contribution in [3.05, 3.63) is 75.7 Å². The maximum absolute atomic E-state index is 13.1. The van der Waals surface area contributed by atoms with Crippen LogP contribution in [0.4, 0.5) is 5.69 Å². The molecule has 6 nitrogen and oxygen atoms in total. The van der Waals surface area contributed by atoms with E-state index in [1.54, 1.807) is 0 Å². The zero-order valence-electron chi connectivity index (χ0n) is 16.4. The first-order chi connectivity index (χ1) is 13.4. The van der Waals surface area contributed by atoms with E-state index in [2.05, 4.69) is 10.3 Å². The highest BCUT2D eigenvalue weighted by atomic mass is 16.2. The zero-order chi connectivity index (χ0) is 20.0. The highest BCUT2D eigenvalue weighted by Gasteiger charge is 2.22. The average molecular weight is 374 g/mol. The van der Waals surface area contributed by atoms with Crippen molar-refractivity contribution in [3.63, 3.8) is 0 Å². The summed E-state index contributed by atoms with van der Waals surface area (Å²) in [6.45, 7) is 7.71. The largest absolute Gasteiger partial charge is 0.324 e. The van der Waals surface area contributed by atoms with Gasteiger partial charge in [0.2, 0.25) is 5.91 Å². The van der Waals surface area contributed by atoms with Gasteiger partial charge >= 0.3 is 0 Å². The molecule has 0 spiro atoms. The quantitative estimate of drug-likeness (QED) is 0.593. The van der Waals surface area contributed by atoms with Crippen molar-refractivity contribution in [2.24, 2.45) is 0 Å². The molecule has 4 rings (SSSR count). The molecule has 0 aliphatic carbocycles. The van der Waals surface area contributed by atoms with Crippen molar-refractivity contribution < 1.29 is 4.79 Å². The summed E-state index contributed by atoms with van der Waals surface area (Å²) in [7, 11) is 0. The van der Waals surface area contributed by atoms with Crippen molar-refractivity contribution in [1.82, 2.24) is 14.2 Å². The predicted molar refractivity (Wildman–Crippen MR) is 111 cm³/mol. The van der Waals surface area contributed by atoms with Gasteiger partial charge in [0.05, 0.1) is 5.52 Å². The fourth-order valence-electron chi connectivity index (χ4n) is 3.62. The number of hydrogen-bond acceptors (Lipinski definition) is 3. The van der Waals surface area contributed by atoms with Crippen LogP contribution in [0, 0.1) is 20.8 Å². The summed E-state index contributed by atoms with van der Waals surface area (Å²) in [4.78, 5) is 29.3. The van der Waals surface area contributed by atoms with Crippen molar-refractivity contribution in [3.8, 4) is 0 Å². The number of carbonyl (C=O) groups excluding carboxylic acids is 1. The molecule has 1 amide bonds. The number of aromatic nitrogens is 3. The van der Waals surface area contributed by atoms with Crippen molar-refractivity contribution >= 4 is 28.1 Å². The Labute approximate surface area is 162 Å². The first-order valence-electron chi connectivity index (χ1n) is 9.25. The summed E-state index contributed by atoms with van der Waals surface area (Å²) >= 11 is 0. The minimum absolute atomic E-state index is 0.130. The minimum atomic E-state index is -0.509. The number of nitrogens with one attached hydrogen (secondary N) is 1. The van der Waals surface area contributed by atoms with Crippen molar-refractivity contribution in [1.29, 1.82) is 0 Å². The van der Waals surface area contributed by atoms with Gasteiger partial charge in [-0.15, -0.1) is 0 Å². The minimum Gasteiger partial charge on any atom is -0.324 e. The summed E-state index contributed by atoms with van der Waals surface area (Å²) in [6, 6.07) is 14.5. The number of fused-ring (bicyclic) bond motifs is 3. The Kier molecular flexibility index (Phi) is 4.26. The van der Waals surface area contributed by atoms with Crippen LogP contribution in [0.2, 0.25) is 0 Å². The maximum atomic E-state index is 13.1. The Balaban J connectivity index is 1.86. The van der Waals surface area contributed by atoms with Crippen molar-refractivity contribution in [2.45, 2.75) is 33.7 Å². The summed E-state index contributed by atoms with van der Waals surface area (Å²) in [5.74, 6) is -0.130. The Morgan fingerprint density at radius 3 is 2.61 bits per heavy atom. The fourth-order valence-corrected chi connectivity index (χ4v) is 3.62. The van der Waals surface area contributed by atoms with Gasteiger partial charge in [-0.1, -0.05) is 24.3 Å². The first kappa shape index (κ1) is 18.0. The lowest BCUT2D eigenvalue weighted by Gasteiger charge is -2.19. The molecule has 2 aromatic carbocycles. The van der Waals surface area contributed by atoms with Gasteiger partial charge in [-0.05, 0) is 57.0 Å². The number of hydrogen-bond donors (Lipinski definition) is 1. The molecule has 2 aromatic heterocycles. The molecule has 4 aromatic rings. The first-order valence-corrected chi connectivity index (χ1v) is 9.25. The van der Waals surface area contributed by atoms with Gasteiger partial charge in [0.25, 0.3) is 5.56 Å². The lowest BCUT2D eigenvalue weighted by atomic mass is 10.1. The Bertz CT molecular complexity index is 1280. The van der Waals surface area contributed by atoms with Crippen LogP contribution in [0.5, 0.6) is 0 Å². The molecule has 142 valence electrons. The van der Waals surface area contributed by atoms with Crippen molar-refractivity contribution in [2.75, 3.05) is 5.32 Å². The summed E-state index contributed by atoms with van der Waals surface area (Å²) in [5, 5.41) is 3.89. The highest BCUT2D eigenvalue weighted by molar-refractivity contribution is 5.97. The van der Waals surface area contributed by atoms with Gasteiger partial charge in [0, 0.05) is 22.8 Å². The van der Waals surface area contributed by atoms with E-state index in [4.69, 9.17) is 0 Å². The molecule has 0 saturated carbocycles. The smallest absolute Gasteiger partial charge is 0.273 e. The average Bonchev–Trinajstić information content (AvgIpc) is 2.99. The van der Waals surface area contributed by atoms with Gasteiger partial charge in [-0.25, -0.2) is 4.52 Å². The van der Waals surface area contributed by atoms with E-state index in [-0.39, 0.29) is 11.5 Å². The second-order valence-electron chi connectivity index (χ2n) is 7.15. The standard InChI is InChI=1S/C22H22N4O2/c1-13-8-7-10-18(15(13)3)23-22(28)16(4)26-19-11-6-5-9-17(19)21-24-20(27)12-14(2)25(21)26/h5-12,16H,1-4H3,(H,23,28)/t16-/m0/s1. The molecule has 28 heavy (non-hydrogen) atoms. The number of rotatable bonds is 3. The van der Waals surface area contributed by atoms with Gasteiger partial charge in [-0.3, -0.25) is 14.3 Å². The Hall–Kier alpha value is -3.41. The predicted octanol–water partition coefficient (Wildman–Crippen LogP) is 3.77. The molecular formula is C22H22N4O2. The number of aryl methyl sites for hydroxylation is 2. The second kappa shape index (κ2) is 6.64. The van der Waals surface area contributed by atoms with Crippen LogP contribution in [0.3, 0.4) is 0 Å². The molecule has 0 fully saturated rings. The highest BCUT2D eigenvalue weighted by Crippen LogP contribution is 2.26. The molecule has 0 bridgehead atoms. The van der Waals surface area contributed by atoms with E-state index in [0.29, 0.717) is 5.65 Å². The summed E-state index contributed by atoms with van der Waals surface area (Å²) in [6.07, 6.45) is 0. The van der Waals surface area contributed by atoms with Crippen LogP contribution in [-0.4, -0.2) is 20.1 Å². The molecule has 0 radical (unpaired) electrons. The fraction of sp³-hybridized carbons (Fsp3) is 0.227. The molecule has 0 unspecified atom stereocenters. The van der Waals surface area contributed by atoms with E-state index in [1.807, 2.05) is 79.4 Å². The van der Waals surface area contributed by atoms with E-state index >= 15 is 0 Å². The third kappa shape index (κ3) is 2.78. The molecule has 2 heterocycles. The van der Waals surface area contributed by atoms with Crippen LogP contribution >= 0.6 is 0 Å². The zero-order valence-corrected chi connectivity index (χ0v) is 16.4. The van der Waals surface area contributed by atoms with E-state index in [0.717, 1.165) is 33.4 Å². The molecular weight excluding hydrogens is 352 g/mol. The Morgan fingerprint density at radius 1 is 1.07 bits per heavy atom. The van der Waals surface area contributed by atoms with Crippen LogP contribution in [-0.2, 0) is 4.79 Å². The number of amides is 1. The number of benzene rings is 2. The van der Waals surface area contributed by atoms with Crippen LogP contribution in [0.1, 0.15) is 29.8 Å². The van der Waals surface area contributed by atoms with E-state index in [9.17, 15) is 9.59 Å². The number of para-hydroxylation sites is 1. The van der Waals surface area contributed by atoms with Crippen LogP contribution in [0.15, 0.2) is 53.3 Å². The van der Waals surface area contributed by atoms with Gasteiger partial charge < -0.3 is 5.32 Å². The lowest BCUT2D eigenvalue weighted by Crippen LogP contribution is -2.27. The van der Waals surface area contributed by atoms with E-state index in [1.165, 1.54) is 6.07 Å². The third-order valence-corrected chi connectivity index (χ3v) is 5.30. The molecule has 1 atom stereocenters. The maximum Gasteiger partial charge on any atom is 0.273 e. The number of nitrogens with zero attached hydrogens (tertiary/aromatic N) is 3. The van der Waals surface area contributed by atoms with Gasteiger partial charge in [0.1, 0.15) is 6.04 Å². The van der Waals surface area contributed by atoms with Gasteiger partial charge in [-0.2, -0.15) is 4.98 Å².